The van der Waals surface area contributed by atoms with Gasteiger partial charge in [0.1, 0.15) is 11.8 Å². The fraction of sp³-hybridized carbons (Fsp3) is 0.385. The standard InChI is InChI=1S/C26H28Cl2N4O4S/c1-2-11-37(34,35)31-9-7-30(8-10-31)24-17-29-32(22-15-20(27)14-21(28)16-22)26(33)25(24)36-23-12-18-5-3-4-6-19(18)13-23/h3-6,14-17,23H,2,7-13H2,1H3. The first-order valence-corrected chi connectivity index (χ1v) is 14.7. The van der Waals surface area contributed by atoms with Gasteiger partial charge in [-0.15, -0.1) is 0 Å². The van der Waals surface area contributed by atoms with Gasteiger partial charge in [0.05, 0.1) is 17.6 Å². The number of hydrogen-bond donors (Lipinski definition) is 0. The van der Waals surface area contributed by atoms with Crippen molar-refractivity contribution in [1.82, 2.24) is 14.1 Å². The molecule has 1 aromatic heterocycles. The number of benzene rings is 2. The van der Waals surface area contributed by atoms with Gasteiger partial charge in [-0.3, -0.25) is 4.79 Å². The first-order chi connectivity index (χ1) is 17.7. The van der Waals surface area contributed by atoms with E-state index in [0.29, 0.717) is 66.9 Å². The van der Waals surface area contributed by atoms with Gasteiger partial charge < -0.3 is 9.64 Å². The number of halogens is 2. The molecule has 1 aliphatic heterocycles. The zero-order valence-electron chi connectivity index (χ0n) is 20.4. The Morgan fingerprint density at radius 3 is 2.22 bits per heavy atom. The van der Waals surface area contributed by atoms with Crippen LogP contribution in [0.25, 0.3) is 5.69 Å². The van der Waals surface area contributed by atoms with E-state index >= 15 is 0 Å². The van der Waals surface area contributed by atoms with E-state index in [4.69, 9.17) is 27.9 Å². The molecule has 0 spiro atoms. The molecule has 2 aliphatic rings. The lowest BCUT2D eigenvalue weighted by Crippen LogP contribution is -2.49. The Bertz CT molecular complexity index is 1420. The number of ether oxygens (including phenoxy) is 1. The van der Waals surface area contributed by atoms with Gasteiger partial charge in [-0.05, 0) is 35.7 Å². The molecule has 2 aromatic carbocycles. The Balaban J connectivity index is 1.48. The average molecular weight is 564 g/mol. The van der Waals surface area contributed by atoms with Crippen LogP contribution in [0.1, 0.15) is 24.5 Å². The zero-order valence-corrected chi connectivity index (χ0v) is 22.8. The number of sulfonamides is 1. The summed E-state index contributed by atoms with van der Waals surface area (Å²) in [6, 6.07) is 13.0. The highest BCUT2D eigenvalue weighted by Crippen LogP contribution is 2.31. The van der Waals surface area contributed by atoms with Gasteiger partial charge in [0, 0.05) is 49.1 Å². The van der Waals surface area contributed by atoms with Crippen molar-refractivity contribution in [3.8, 4) is 11.4 Å². The topological polar surface area (TPSA) is 84.7 Å². The van der Waals surface area contributed by atoms with Crippen LogP contribution in [0.15, 0.2) is 53.5 Å². The Labute approximate surface area is 226 Å². The molecular formula is C26H28Cl2N4O4S. The van der Waals surface area contributed by atoms with Crippen LogP contribution in [0.4, 0.5) is 5.69 Å². The second-order valence-electron chi connectivity index (χ2n) is 9.32. The second kappa shape index (κ2) is 10.6. The number of aromatic nitrogens is 2. The molecule has 0 amide bonds. The Kier molecular flexibility index (Phi) is 7.49. The lowest BCUT2D eigenvalue weighted by molar-refractivity contribution is 0.209. The molecule has 0 atom stereocenters. The summed E-state index contributed by atoms with van der Waals surface area (Å²) in [5.41, 5.74) is 2.98. The van der Waals surface area contributed by atoms with Crippen LogP contribution in [0.2, 0.25) is 10.0 Å². The van der Waals surface area contributed by atoms with Gasteiger partial charge in [-0.2, -0.15) is 14.1 Å². The number of hydrogen-bond acceptors (Lipinski definition) is 6. The van der Waals surface area contributed by atoms with Gasteiger partial charge in [-0.1, -0.05) is 54.4 Å². The van der Waals surface area contributed by atoms with Crippen molar-refractivity contribution >= 4 is 38.9 Å². The number of fused-ring (bicyclic) bond motifs is 1. The van der Waals surface area contributed by atoms with E-state index in [0.717, 1.165) is 0 Å². The third kappa shape index (κ3) is 5.50. The van der Waals surface area contributed by atoms with Crippen LogP contribution >= 0.6 is 23.2 Å². The molecule has 11 heteroatoms. The van der Waals surface area contributed by atoms with E-state index in [1.165, 1.54) is 20.1 Å². The Morgan fingerprint density at radius 2 is 1.62 bits per heavy atom. The van der Waals surface area contributed by atoms with Crippen LogP contribution in [-0.2, 0) is 22.9 Å². The molecule has 1 saturated heterocycles. The van der Waals surface area contributed by atoms with Crippen LogP contribution in [0.5, 0.6) is 5.75 Å². The molecule has 0 radical (unpaired) electrons. The van der Waals surface area contributed by atoms with E-state index in [9.17, 15) is 13.2 Å². The van der Waals surface area contributed by atoms with E-state index in [-0.39, 0.29) is 17.6 Å². The van der Waals surface area contributed by atoms with Crippen molar-refractivity contribution in [2.45, 2.75) is 32.3 Å². The van der Waals surface area contributed by atoms with Crippen molar-refractivity contribution in [3.63, 3.8) is 0 Å². The fourth-order valence-corrected chi connectivity index (χ4v) is 6.98. The van der Waals surface area contributed by atoms with E-state index in [1.807, 2.05) is 24.0 Å². The van der Waals surface area contributed by atoms with Crippen molar-refractivity contribution in [2.24, 2.45) is 0 Å². The molecule has 196 valence electrons. The molecule has 0 N–H and O–H groups in total. The zero-order chi connectivity index (χ0) is 26.2. The van der Waals surface area contributed by atoms with Gasteiger partial charge >= 0.3 is 5.56 Å². The first-order valence-electron chi connectivity index (χ1n) is 12.3. The lowest BCUT2D eigenvalue weighted by Gasteiger charge is -2.36. The molecule has 5 rings (SSSR count). The maximum atomic E-state index is 13.8. The molecule has 0 unspecified atom stereocenters. The van der Waals surface area contributed by atoms with E-state index in [2.05, 4.69) is 17.2 Å². The maximum absolute atomic E-state index is 13.8. The predicted octanol–water partition coefficient (Wildman–Crippen LogP) is 3.95. The number of nitrogens with zero attached hydrogens (tertiary/aromatic N) is 4. The minimum Gasteiger partial charge on any atom is -0.482 e. The molecule has 37 heavy (non-hydrogen) atoms. The molecule has 1 fully saturated rings. The number of piperazine rings is 1. The quantitative estimate of drug-likeness (QED) is 0.433. The van der Waals surface area contributed by atoms with Crippen molar-refractivity contribution in [1.29, 1.82) is 0 Å². The van der Waals surface area contributed by atoms with Crippen LogP contribution in [0, 0.1) is 0 Å². The summed E-state index contributed by atoms with van der Waals surface area (Å²) < 4.78 is 34.2. The van der Waals surface area contributed by atoms with E-state index in [1.54, 1.807) is 24.4 Å². The molecule has 3 aromatic rings. The van der Waals surface area contributed by atoms with Crippen molar-refractivity contribution in [3.05, 3.63) is 80.2 Å². The number of anilines is 1. The highest BCUT2D eigenvalue weighted by molar-refractivity contribution is 7.89. The molecule has 8 nitrogen and oxygen atoms in total. The molecular weight excluding hydrogens is 535 g/mol. The minimum atomic E-state index is -3.29. The van der Waals surface area contributed by atoms with Gasteiger partial charge in [0.2, 0.25) is 15.8 Å². The summed E-state index contributed by atoms with van der Waals surface area (Å²) in [6.07, 6.45) is 3.37. The molecule has 0 bridgehead atoms. The van der Waals surface area contributed by atoms with Gasteiger partial charge in [0.25, 0.3) is 0 Å². The summed E-state index contributed by atoms with van der Waals surface area (Å²) in [7, 11) is -3.29. The average Bonchev–Trinajstić information content (AvgIpc) is 3.27. The SMILES string of the molecule is CCCS(=O)(=O)N1CCN(c2cnn(-c3cc(Cl)cc(Cl)c3)c(=O)c2OC2Cc3ccccc3C2)CC1. The third-order valence-corrected chi connectivity index (χ3v) is 9.25. The summed E-state index contributed by atoms with van der Waals surface area (Å²) in [5.74, 6) is 0.317. The highest BCUT2D eigenvalue weighted by Gasteiger charge is 2.31. The molecule has 2 heterocycles. The monoisotopic (exact) mass is 562 g/mol. The Morgan fingerprint density at radius 1 is 1.00 bits per heavy atom. The van der Waals surface area contributed by atoms with Crippen LogP contribution < -0.4 is 15.2 Å². The largest absolute Gasteiger partial charge is 0.482 e. The third-order valence-electron chi connectivity index (χ3n) is 6.74. The second-order valence-corrected chi connectivity index (χ2v) is 12.3. The van der Waals surface area contributed by atoms with E-state index < -0.39 is 15.6 Å². The predicted molar refractivity (Wildman–Crippen MR) is 146 cm³/mol. The smallest absolute Gasteiger partial charge is 0.316 e. The Hall–Kier alpha value is -2.59. The summed E-state index contributed by atoms with van der Waals surface area (Å²) in [4.78, 5) is 15.8. The van der Waals surface area contributed by atoms with Crippen molar-refractivity contribution in [2.75, 3.05) is 36.8 Å². The van der Waals surface area contributed by atoms with Gasteiger partial charge in [-0.25, -0.2) is 8.42 Å². The molecule has 1 aliphatic carbocycles. The summed E-state index contributed by atoms with van der Waals surface area (Å²) in [5, 5.41) is 5.19. The van der Waals surface area contributed by atoms with Crippen LogP contribution in [0.3, 0.4) is 0 Å². The van der Waals surface area contributed by atoms with Crippen molar-refractivity contribution < 1.29 is 13.2 Å². The molecule has 0 saturated carbocycles. The summed E-state index contributed by atoms with van der Waals surface area (Å²) in [6.45, 7) is 3.39. The minimum absolute atomic E-state index is 0.128. The maximum Gasteiger partial charge on any atom is 0.316 e. The summed E-state index contributed by atoms with van der Waals surface area (Å²) >= 11 is 12.4. The lowest BCUT2D eigenvalue weighted by atomic mass is 10.1. The normalized spacial score (nSPS) is 16.7. The van der Waals surface area contributed by atoms with Crippen LogP contribution in [-0.4, -0.2) is 60.5 Å². The fourth-order valence-electron chi connectivity index (χ4n) is 4.97. The first kappa shape index (κ1) is 26.0. The van der Waals surface area contributed by atoms with Gasteiger partial charge in [0.15, 0.2) is 0 Å². The number of rotatable bonds is 7. The highest BCUT2D eigenvalue weighted by atomic mass is 35.5.